The van der Waals surface area contributed by atoms with Crippen molar-refractivity contribution in [1.29, 1.82) is 0 Å². The Morgan fingerprint density at radius 2 is 1.42 bits per heavy atom. The van der Waals surface area contributed by atoms with Crippen molar-refractivity contribution in [3.63, 3.8) is 0 Å². The van der Waals surface area contributed by atoms with Gasteiger partial charge in [-0.25, -0.2) is 0 Å². The van der Waals surface area contributed by atoms with Crippen LogP contribution in [0.15, 0.2) is 48.5 Å². The highest BCUT2D eigenvalue weighted by Crippen LogP contribution is 2.39. The molecule has 0 aromatic heterocycles. The summed E-state index contributed by atoms with van der Waals surface area (Å²) in [6.07, 6.45) is 1.99. The van der Waals surface area contributed by atoms with E-state index < -0.39 is 11.7 Å². The van der Waals surface area contributed by atoms with E-state index in [-0.39, 0.29) is 5.41 Å². The summed E-state index contributed by atoms with van der Waals surface area (Å²) in [7, 11) is 0. The number of rotatable bonds is 5. The first kappa shape index (κ1) is 18.5. The molecule has 138 valence electrons. The lowest BCUT2D eigenvalue weighted by Gasteiger charge is -2.37. The molecule has 26 heavy (non-hydrogen) atoms. The standard InChI is InChI=1S/C21H22F3NO/c22-21(23,24)19-10-6-17(7-11-19)16-4-8-18(9-5-16)20(14-25-15-26)12-2-1-3-13-20/h4-11,15H,1-3,12-14H2,(H,25,26). The van der Waals surface area contributed by atoms with Gasteiger partial charge in [-0.2, -0.15) is 13.2 Å². The maximum atomic E-state index is 12.7. The van der Waals surface area contributed by atoms with Crippen LogP contribution in [0.4, 0.5) is 13.2 Å². The molecule has 1 amide bonds. The highest BCUT2D eigenvalue weighted by Gasteiger charge is 2.33. The van der Waals surface area contributed by atoms with E-state index in [1.807, 2.05) is 24.3 Å². The van der Waals surface area contributed by atoms with Crippen LogP contribution in [0.3, 0.4) is 0 Å². The van der Waals surface area contributed by atoms with Crippen molar-refractivity contribution in [2.75, 3.05) is 6.54 Å². The van der Waals surface area contributed by atoms with Crippen molar-refractivity contribution >= 4 is 6.41 Å². The number of alkyl halides is 3. The van der Waals surface area contributed by atoms with Gasteiger partial charge in [-0.05, 0) is 41.7 Å². The molecule has 1 N–H and O–H groups in total. The zero-order chi connectivity index (χ0) is 18.6. The lowest BCUT2D eigenvalue weighted by molar-refractivity contribution is -0.137. The molecule has 0 unspecified atom stereocenters. The first-order valence-corrected chi connectivity index (χ1v) is 8.90. The molecular formula is C21H22F3NO. The van der Waals surface area contributed by atoms with Gasteiger partial charge in [0.2, 0.25) is 6.41 Å². The van der Waals surface area contributed by atoms with E-state index in [0.717, 1.165) is 55.4 Å². The lowest BCUT2D eigenvalue weighted by atomic mass is 9.69. The van der Waals surface area contributed by atoms with Gasteiger partial charge in [0.15, 0.2) is 0 Å². The second kappa shape index (κ2) is 7.52. The van der Waals surface area contributed by atoms with Crippen LogP contribution in [0.5, 0.6) is 0 Å². The third kappa shape index (κ3) is 3.92. The molecule has 0 atom stereocenters. The molecule has 1 aliphatic rings. The number of hydrogen-bond acceptors (Lipinski definition) is 1. The number of halogens is 3. The van der Waals surface area contributed by atoms with Crippen molar-refractivity contribution in [3.8, 4) is 11.1 Å². The molecular weight excluding hydrogens is 339 g/mol. The monoisotopic (exact) mass is 361 g/mol. The largest absolute Gasteiger partial charge is 0.416 e. The first-order valence-electron chi connectivity index (χ1n) is 8.90. The first-order chi connectivity index (χ1) is 12.4. The molecule has 0 radical (unpaired) electrons. The number of nitrogens with one attached hydrogen (secondary N) is 1. The van der Waals surface area contributed by atoms with Crippen molar-refractivity contribution in [2.45, 2.75) is 43.7 Å². The van der Waals surface area contributed by atoms with Crippen LogP contribution in [-0.4, -0.2) is 13.0 Å². The zero-order valence-electron chi connectivity index (χ0n) is 14.5. The summed E-state index contributed by atoms with van der Waals surface area (Å²) in [6.45, 7) is 0.621. The van der Waals surface area contributed by atoms with Crippen molar-refractivity contribution in [2.24, 2.45) is 0 Å². The van der Waals surface area contributed by atoms with Gasteiger partial charge in [0.05, 0.1) is 5.56 Å². The maximum absolute atomic E-state index is 12.7. The molecule has 2 nitrogen and oxygen atoms in total. The fourth-order valence-corrected chi connectivity index (χ4v) is 3.90. The van der Waals surface area contributed by atoms with E-state index in [0.29, 0.717) is 6.54 Å². The molecule has 2 aromatic carbocycles. The van der Waals surface area contributed by atoms with Gasteiger partial charge in [-0.1, -0.05) is 55.7 Å². The summed E-state index contributed by atoms with van der Waals surface area (Å²) in [5.74, 6) is 0. The predicted molar refractivity (Wildman–Crippen MR) is 95.7 cm³/mol. The lowest BCUT2D eigenvalue weighted by Crippen LogP contribution is -2.39. The molecule has 0 bridgehead atoms. The van der Waals surface area contributed by atoms with Crippen LogP contribution in [-0.2, 0) is 16.4 Å². The molecule has 1 saturated carbocycles. The van der Waals surface area contributed by atoms with Gasteiger partial charge >= 0.3 is 6.18 Å². The Bertz CT molecular complexity index is 729. The quantitative estimate of drug-likeness (QED) is 0.718. The van der Waals surface area contributed by atoms with Crippen LogP contribution in [0, 0.1) is 0 Å². The summed E-state index contributed by atoms with van der Waals surface area (Å²) in [6, 6.07) is 13.2. The van der Waals surface area contributed by atoms with Crippen LogP contribution in [0.1, 0.15) is 43.2 Å². The average molecular weight is 361 g/mol. The third-order valence-electron chi connectivity index (χ3n) is 5.38. The minimum Gasteiger partial charge on any atom is -0.358 e. The normalized spacial score (nSPS) is 16.9. The second-order valence-corrected chi connectivity index (χ2v) is 6.99. The summed E-state index contributed by atoms with van der Waals surface area (Å²) < 4.78 is 38.1. The van der Waals surface area contributed by atoms with Gasteiger partial charge in [0.1, 0.15) is 0 Å². The summed E-state index contributed by atoms with van der Waals surface area (Å²) in [5, 5.41) is 2.84. The molecule has 0 heterocycles. The average Bonchev–Trinajstić information content (AvgIpc) is 2.67. The van der Waals surface area contributed by atoms with E-state index in [2.05, 4.69) is 5.32 Å². The number of carbonyl (C=O) groups is 1. The number of benzene rings is 2. The molecule has 1 fully saturated rings. The van der Waals surface area contributed by atoms with E-state index in [1.165, 1.54) is 24.1 Å². The van der Waals surface area contributed by atoms with Crippen molar-refractivity contribution in [1.82, 2.24) is 5.32 Å². The highest BCUT2D eigenvalue weighted by atomic mass is 19.4. The van der Waals surface area contributed by atoms with Crippen LogP contribution in [0.25, 0.3) is 11.1 Å². The maximum Gasteiger partial charge on any atom is 0.416 e. The van der Waals surface area contributed by atoms with E-state index in [4.69, 9.17) is 0 Å². The Morgan fingerprint density at radius 1 is 0.885 bits per heavy atom. The third-order valence-corrected chi connectivity index (χ3v) is 5.38. The molecule has 5 heteroatoms. The van der Waals surface area contributed by atoms with Gasteiger partial charge < -0.3 is 5.32 Å². The molecule has 0 spiro atoms. The fourth-order valence-electron chi connectivity index (χ4n) is 3.90. The number of carbonyl (C=O) groups excluding carboxylic acids is 1. The summed E-state index contributed by atoms with van der Waals surface area (Å²) in [5.41, 5.74) is 2.14. The van der Waals surface area contributed by atoms with Crippen LogP contribution < -0.4 is 5.32 Å². The minimum absolute atomic E-state index is 0.0438. The smallest absolute Gasteiger partial charge is 0.358 e. The zero-order valence-corrected chi connectivity index (χ0v) is 14.5. The van der Waals surface area contributed by atoms with Gasteiger partial charge in [0.25, 0.3) is 0 Å². The minimum atomic E-state index is -4.32. The number of hydrogen-bond donors (Lipinski definition) is 1. The van der Waals surface area contributed by atoms with Gasteiger partial charge in [-0.15, -0.1) is 0 Å². The molecule has 0 saturated heterocycles. The summed E-state index contributed by atoms with van der Waals surface area (Å²) in [4.78, 5) is 10.8. The fraction of sp³-hybridized carbons (Fsp3) is 0.381. The van der Waals surface area contributed by atoms with Crippen LogP contribution in [0.2, 0.25) is 0 Å². The van der Waals surface area contributed by atoms with E-state index in [1.54, 1.807) is 0 Å². The second-order valence-electron chi connectivity index (χ2n) is 6.99. The van der Waals surface area contributed by atoms with E-state index >= 15 is 0 Å². The Hall–Kier alpha value is -2.30. The Balaban J connectivity index is 1.84. The molecule has 0 aliphatic heterocycles. The van der Waals surface area contributed by atoms with Crippen molar-refractivity contribution in [3.05, 3.63) is 59.7 Å². The van der Waals surface area contributed by atoms with Gasteiger partial charge in [-0.3, -0.25) is 4.79 Å². The molecule has 2 aromatic rings. The van der Waals surface area contributed by atoms with Crippen LogP contribution >= 0.6 is 0 Å². The SMILES string of the molecule is O=CNCC1(c2ccc(-c3ccc(C(F)(F)F)cc3)cc2)CCCCC1. The summed E-state index contributed by atoms with van der Waals surface area (Å²) >= 11 is 0. The highest BCUT2D eigenvalue weighted by molar-refractivity contribution is 5.64. The topological polar surface area (TPSA) is 29.1 Å². The number of amides is 1. The van der Waals surface area contributed by atoms with Crippen molar-refractivity contribution < 1.29 is 18.0 Å². The Labute approximate surface area is 151 Å². The Morgan fingerprint density at radius 3 is 1.92 bits per heavy atom. The Kier molecular flexibility index (Phi) is 5.35. The van der Waals surface area contributed by atoms with Gasteiger partial charge in [0, 0.05) is 12.0 Å². The molecule has 1 aliphatic carbocycles. The molecule has 3 rings (SSSR count). The van der Waals surface area contributed by atoms with E-state index in [9.17, 15) is 18.0 Å². The predicted octanol–water partition coefficient (Wildman–Crippen LogP) is 5.32.